The standard InChI is InChI=1S/C21H25N5S/c1-21(2,3)15-7-5-8-16(11-15)25-19-13-20(24-14-23-19)26-17-9-6-10-18(12-17)27-22-4/h5-14,22H,1-4H3,(H2,23,24,25,26). The maximum absolute atomic E-state index is 4.34. The monoisotopic (exact) mass is 379 g/mol. The Morgan fingerprint density at radius 1 is 0.815 bits per heavy atom. The van der Waals surface area contributed by atoms with Crippen LogP contribution in [0.1, 0.15) is 26.3 Å². The minimum absolute atomic E-state index is 0.104. The van der Waals surface area contributed by atoms with Gasteiger partial charge >= 0.3 is 0 Å². The molecule has 0 fully saturated rings. The number of benzene rings is 2. The van der Waals surface area contributed by atoms with Crippen LogP contribution in [0.2, 0.25) is 0 Å². The average molecular weight is 380 g/mol. The molecule has 0 radical (unpaired) electrons. The Labute approximate surface area is 165 Å². The molecular weight excluding hydrogens is 354 g/mol. The smallest absolute Gasteiger partial charge is 0.135 e. The summed E-state index contributed by atoms with van der Waals surface area (Å²) in [5.41, 5.74) is 3.37. The summed E-state index contributed by atoms with van der Waals surface area (Å²) in [4.78, 5) is 9.80. The van der Waals surface area contributed by atoms with Gasteiger partial charge in [0.25, 0.3) is 0 Å². The molecule has 6 heteroatoms. The van der Waals surface area contributed by atoms with E-state index in [1.165, 1.54) is 5.56 Å². The summed E-state index contributed by atoms with van der Waals surface area (Å²) < 4.78 is 3.08. The Bertz CT molecular complexity index is 905. The van der Waals surface area contributed by atoms with E-state index in [-0.39, 0.29) is 5.41 Å². The topological polar surface area (TPSA) is 61.9 Å². The Morgan fingerprint density at radius 3 is 2.07 bits per heavy atom. The van der Waals surface area contributed by atoms with Crippen LogP contribution in [-0.4, -0.2) is 17.0 Å². The van der Waals surface area contributed by atoms with Gasteiger partial charge in [-0.3, -0.25) is 4.72 Å². The number of nitrogens with one attached hydrogen (secondary N) is 3. The van der Waals surface area contributed by atoms with E-state index in [0.717, 1.165) is 27.9 Å². The molecule has 1 aromatic heterocycles. The van der Waals surface area contributed by atoms with E-state index in [9.17, 15) is 0 Å². The van der Waals surface area contributed by atoms with Crippen molar-refractivity contribution in [1.82, 2.24) is 14.7 Å². The van der Waals surface area contributed by atoms with Crippen LogP contribution in [0.15, 0.2) is 65.8 Å². The van der Waals surface area contributed by atoms with E-state index in [4.69, 9.17) is 0 Å². The lowest BCUT2D eigenvalue weighted by atomic mass is 9.87. The van der Waals surface area contributed by atoms with Crippen molar-refractivity contribution in [1.29, 1.82) is 0 Å². The van der Waals surface area contributed by atoms with Crippen LogP contribution < -0.4 is 15.4 Å². The van der Waals surface area contributed by atoms with Crippen LogP contribution in [0.4, 0.5) is 23.0 Å². The van der Waals surface area contributed by atoms with E-state index in [0.29, 0.717) is 0 Å². The first-order valence-electron chi connectivity index (χ1n) is 8.84. The zero-order chi connectivity index (χ0) is 19.3. The van der Waals surface area contributed by atoms with Gasteiger partial charge in [0, 0.05) is 22.3 Å². The summed E-state index contributed by atoms with van der Waals surface area (Å²) in [5.74, 6) is 1.49. The molecule has 0 aliphatic carbocycles. The average Bonchev–Trinajstić information content (AvgIpc) is 2.62. The van der Waals surface area contributed by atoms with Crippen molar-refractivity contribution >= 4 is 35.0 Å². The van der Waals surface area contributed by atoms with Crippen molar-refractivity contribution in [3.8, 4) is 0 Å². The van der Waals surface area contributed by atoms with Gasteiger partial charge in [-0.05, 0) is 60.3 Å². The third kappa shape index (κ3) is 5.45. The highest BCUT2D eigenvalue weighted by Gasteiger charge is 2.13. The molecule has 3 aromatic rings. The summed E-state index contributed by atoms with van der Waals surface area (Å²) >= 11 is 1.57. The van der Waals surface area contributed by atoms with Gasteiger partial charge < -0.3 is 10.6 Å². The maximum atomic E-state index is 4.34. The first-order valence-corrected chi connectivity index (χ1v) is 9.66. The van der Waals surface area contributed by atoms with E-state index in [1.807, 2.05) is 31.3 Å². The van der Waals surface area contributed by atoms with Gasteiger partial charge in [0.1, 0.15) is 18.0 Å². The second kappa shape index (κ2) is 8.41. The fourth-order valence-corrected chi connectivity index (χ4v) is 3.18. The quantitative estimate of drug-likeness (QED) is 0.492. The van der Waals surface area contributed by atoms with Gasteiger partial charge in [0.05, 0.1) is 0 Å². The molecule has 0 amide bonds. The first-order chi connectivity index (χ1) is 12.9. The van der Waals surface area contributed by atoms with Crippen molar-refractivity contribution < 1.29 is 0 Å². The van der Waals surface area contributed by atoms with Crippen LogP contribution >= 0.6 is 11.9 Å². The summed E-state index contributed by atoms with van der Waals surface area (Å²) in [6.45, 7) is 6.62. The summed E-state index contributed by atoms with van der Waals surface area (Å²) in [6.07, 6.45) is 1.56. The molecule has 27 heavy (non-hydrogen) atoms. The molecule has 0 atom stereocenters. The van der Waals surface area contributed by atoms with Gasteiger partial charge in [-0.15, -0.1) is 0 Å². The number of anilines is 4. The van der Waals surface area contributed by atoms with Gasteiger partial charge in [-0.2, -0.15) is 0 Å². The minimum atomic E-state index is 0.104. The highest BCUT2D eigenvalue weighted by Crippen LogP contribution is 2.27. The highest BCUT2D eigenvalue weighted by atomic mass is 32.2. The molecule has 0 aliphatic rings. The fourth-order valence-electron chi connectivity index (χ4n) is 2.61. The zero-order valence-electron chi connectivity index (χ0n) is 16.1. The summed E-state index contributed by atoms with van der Waals surface area (Å²) in [6, 6.07) is 18.5. The molecule has 0 unspecified atom stereocenters. The van der Waals surface area contributed by atoms with E-state index in [1.54, 1.807) is 18.3 Å². The van der Waals surface area contributed by atoms with Gasteiger partial charge in [0.2, 0.25) is 0 Å². The Morgan fingerprint density at radius 2 is 1.44 bits per heavy atom. The molecule has 0 aliphatic heterocycles. The number of hydrogen-bond donors (Lipinski definition) is 3. The van der Waals surface area contributed by atoms with Crippen LogP contribution in [0.25, 0.3) is 0 Å². The number of nitrogens with zero attached hydrogens (tertiary/aromatic N) is 2. The molecule has 0 spiro atoms. The second-order valence-electron chi connectivity index (χ2n) is 7.20. The largest absolute Gasteiger partial charge is 0.340 e. The lowest BCUT2D eigenvalue weighted by Crippen LogP contribution is -2.11. The van der Waals surface area contributed by atoms with Gasteiger partial charge in [-0.1, -0.05) is 39.0 Å². The van der Waals surface area contributed by atoms with Gasteiger partial charge in [-0.25, -0.2) is 9.97 Å². The van der Waals surface area contributed by atoms with Crippen LogP contribution in [0, 0.1) is 0 Å². The van der Waals surface area contributed by atoms with Crippen LogP contribution in [-0.2, 0) is 5.41 Å². The Kier molecular flexibility index (Phi) is 5.98. The molecule has 3 rings (SSSR count). The predicted molar refractivity (Wildman–Crippen MR) is 115 cm³/mol. The van der Waals surface area contributed by atoms with Crippen LogP contribution in [0.5, 0.6) is 0 Å². The molecule has 140 valence electrons. The third-order valence-electron chi connectivity index (χ3n) is 3.99. The second-order valence-corrected chi connectivity index (χ2v) is 8.29. The number of hydrogen-bond acceptors (Lipinski definition) is 6. The fraction of sp³-hybridized carbons (Fsp3) is 0.238. The SMILES string of the molecule is CNSc1cccc(Nc2cc(Nc3cccc(C(C)(C)C)c3)ncn2)c1. The number of aromatic nitrogens is 2. The molecule has 2 aromatic carbocycles. The molecule has 1 heterocycles. The maximum Gasteiger partial charge on any atom is 0.135 e. The first kappa shape index (κ1) is 19.2. The lowest BCUT2D eigenvalue weighted by molar-refractivity contribution is 0.590. The van der Waals surface area contributed by atoms with Crippen LogP contribution in [0.3, 0.4) is 0 Å². The van der Waals surface area contributed by atoms with Crippen molar-refractivity contribution in [3.63, 3.8) is 0 Å². The van der Waals surface area contributed by atoms with Crippen molar-refractivity contribution in [2.45, 2.75) is 31.1 Å². The predicted octanol–water partition coefficient (Wildman–Crippen LogP) is 5.49. The van der Waals surface area contributed by atoms with Gasteiger partial charge in [0.15, 0.2) is 0 Å². The zero-order valence-corrected chi connectivity index (χ0v) is 16.9. The molecule has 0 saturated carbocycles. The van der Waals surface area contributed by atoms with Crippen molar-refractivity contribution in [2.24, 2.45) is 0 Å². The molecule has 3 N–H and O–H groups in total. The Balaban J connectivity index is 1.75. The Hall–Kier alpha value is -2.57. The molecule has 0 bridgehead atoms. The minimum Gasteiger partial charge on any atom is -0.340 e. The summed E-state index contributed by atoms with van der Waals surface area (Å²) in [7, 11) is 1.90. The summed E-state index contributed by atoms with van der Waals surface area (Å²) in [5, 5.41) is 6.70. The lowest BCUT2D eigenvalue weighted by Gasteiger charge is -2.20. The molecular formula is C21H25N5S. The van der Waals surface area contributed by atoms with E-state index >= 15 is 0 Å². The molecule has 0 saturated heterocycles. The normalized spacial score (nSPS) is 11.3. The third-order valence-corrected chi connectivity index (χ3v) is 4.69. The van der Waals surface area contributed by atoms with Crippen molar-refractivity contribution in [2.75, 3.05) is 17.7 Å². The number of rotatable bonds is 6. The van der Waals surface area contributed by atoms with E-state index < -0.39 is 0 Å². The highest BCUT2D eigenvalue weighted by molar-refractivity contribution is 7.97. The van der Waals surface area contributed by atoms with E-state index in [2.05, 4.69) is 76.4 Å². The van der Waals surface area contributed by atoms with Crippen molar-refractivity contribution in [3.05, 3.63) is 66.5 Å². The molecule has 5 nitrogen and oxygen atoms in total.